The lowest BCUT2D eigenvalue weighted by Gasteiger charge is -2.17. The maximum absolute atomic E-state index is 12.4. The molecule has 0 aliphatic carbocycles. The van der Waals surface area contributed by atoms with Gasteiger partial charge in [-0.3, -0.25) is 4.79 Å². The summed E-state index contributed by atoms with van der Waals surface area (Å²) in [7, 11) is 1.73. The summed E-state index contributed by atoms with van der Waals surface area (Å²) in [6.45, 7) is 2.43. The zero-order valence-corrected chi connectivity index (χ0v) is 16.6. The standard InChI is InChI=1S/C20H19Cl2N3O2/c1-13-3-5-14(6-4-13)20-24-23-18(27-20)9-10-19(26)25(2)12-15-7-8-16(21)11-17(15)22/h3-8,11H,9-10,12H2,1-2H3. The lowest BCUT2D eigenvalue weighted by Crippen LogP contribution is -2.26. The van der Waals surface area contributed by atoms with Crippen LogP contribution in [0.3, 0.4) is 0 Å². The molecule has 0 fully saturated rings. The minimum atomic E-state index is -0.0314. The zero-order valence-electron chi connectivity index (χ0n) is 15.1. The van der Waals surface area contributed by atoms with Gasteiger partial charge in [0.1, 0.15) is 0 Å². The fraction of sp³-hybridized carbons (Fsp3) is 0.250. The molecule has 1 amide bonds. The first-order valence-electron chi connectivity index (χ1n) is 8.49. The van der Waals surface area contributed by atoms with E-state index in [1.807, 2.05) is 37.3 Å². The molecule has 140 valence electrons. The van der Waals surface area contributed by atoms with Crippen LogP contribution < -0.4 is 0 Å². The Balaban J connectivity index is 1.56. The van der Waals surface area contributed by atoms with E-state index < -0.39 is 0 Å². The second-order valence-electron chi connectivity index (χ2n) is 6.35. The average molecular weight is 404 g/mol. The number of benzene rings is 2. The Morgan fingerprint density at radius 1 is 1.11 bits per heavy atom. The van der Waals surface area contributed by atoms with Crippen molar-refractivity contribution >= 4 is 29.1 Å². The summed E-state index contributed by atoms with van der Waals surface area (Å²) in [5.41, 5.74) is 2.87. The Bertz CT molecular complexity index is 939. The first-order valence-corrected chi connectivity index (χ1v) is 9.25. The summed E-state index contributed by atoms with van der Waals surface area (Å²) in [5, 5.41) is 9.20. The van der Waals surface area contributed by atoms with Gasteiger partial charge in [0.25, 0.3) is 0 Å². The number of rotatable bonds is 6. The van der Waals surface area contributed by atoms with Crippen LogP contribution in [-0.4, -0.2) is 28.1 Å². The average Bonchev–Trinajstić information content (AvgIpc) is 3.11. The van der Waals surface area contributed by atoms with E-state index in [1.54, 1.807) is 24.1 Å². The fourth-order valence-corrected chi connectivity index (χ4v) is 3.03. The lowest BCUT2D eigenvalue weighted by atomic mass is 10.1. The first kappa shape index (κ1) is 19.4. The molecule has 0 spiro atoms. The summed E-state index contributed by atoms with van der Waals surface area (Å²) in [6.07, 6.45) is 0.660. The highest BCUT2D eigenvalue weighted by atomic mass is 35.5. The Morgan fingerprint density at radius 2 is 1.85 bits per heavy atom. The van der Waals surface area contributed by atoms with E-state index in [2.05, 4.69) is 10.2 Å². The summed E-state index contributed by atoms with van der Waals surface area (Å²) in [4.78, 5) is 14.0. The SMILES string of the molecule is Cc1ccc(-c2nnc(CCC(=O)N(C)Cc3ccc(Cl)cc3Cl)o2)cc1. The molecule has 5 nitrogen and oxygen atoms in total. The molecular weight excluding hydrogens is 385 g/mol. The summed E-state index contributed by atoms with van der Waals surface area (Å²) in [5.74, 6) is 0.867. The number of nitrogens with zero attached hydrogens (tertiary/aromatic N) is 3. The molecule has 0 saturated heterocycles. The van der Waals surface area contributed by atoms with Crippen LogP contribution in [0, 0.1) is 6.92 Å². The maximum atomic E-state index is 12.4. The van der Waals surface area contributed by atoms with Crippen LogP contribution in [-0.2, 0) is 17.8 Å². The zero-order chi connectivity index (χ0) is 19.4. The van der Waals surface area contributed by atoms with Crippen molar-refractivity contribution in [2.24, 2.45) is 0 Å². The molecule has 2 aromatic carbocycles. The van der Waals surface area contributed by atoms with Gasteiger partial charge in [0, 0.05) is 42.0 Å². The predicted octanol–water partition coefficient (Wildman–Crippen LogP) is 4.94. The number of halogens is 2. The second kappa shape index (κ2) is 8.55. The van der Waals surface area contributed by atoms with Gasteiger partial charge in [-0.2, -0.15) is 0 Å². The van der Waals surface area contributed by atoms with Crippen molar-refractivity contribution < 1.29 is 9.21 Å². The Kier molecular flexibility index (Phi) is 6.14. The number of carbonyl (C=O) groups is 1. The highest BCUT2D eigenvalue weighted by Crippen LogP contribution is 2.22. The number of aromatic nitrogens is 2. The van der Waals surface area contributed by atoms with Gasteiger partial charge in [0.15, 0.2) is 0 Å². The van der Waals surface area contributed by atoms with Crippen molar-refractivity contribution in [1.29, 1.82) is 0 Å². The summed E-state index contributed by atoms with van der Waals surface area (Å²) in [6, 6.07) is 13.1. The summed E-state index contributed by atoms with van der Waals surface area (Å²) >= 11 is 12.1. The molecule has 0 saturated carbocycles. The third kappa shape index (κ3) is 5.08. The van der Waals surface area contributed by atoms with Crippen LogP contribution in [0.2, 0.25) is 10.0 Å². The van der Waals surface area contributed by atoms with E-state index in [-0.39, 0.29) is 12.3 Å². The number of hydrogen-bond donors (Lipinski definition) is 0. The van der Waals surface area contributed by atoms with Gasteiger partial charge < -0.3 is 9.32 Å². The number of hydrogen-bond acceptors (Lipinski definition) is 4. The molecule has 0 aliphatic rings. The fourth-order valence-electron chi connectivity index (χ4n) is 2.57. The largest absolute Gasteiger partial charge is 0.421 e. The summed E-state index contributed by atoms with van der Waals surface area (Å²) < 4.78 is 5.66. The molecule has 27 heavy (non-hydrogen) atoms. The number of aryl methyl sites for hydroxylation is 2. The highest BCUT2D eigenvalue weighted by molar-refractivity contribution is 6.35. The second-order valence-corrected chi connectivity index (χ2v) is 7.20. The molecular formula is C20H19Cl2N3O2. The first-order chi connectivity index (χ1) is 12.9. The van der Waals surface area contributed by atoms with E-state index in [1.165, 1.54) is 0 Å². The number of carbonyl (C=O) groups excluding carboxylic acids is 1. The molecule has 0 aliphatic heterocycles. The Hall–Kier alpha value is -2.37. The van der Waals surface area contributed by atoms with Gasteiger partial charge in [-0.1, -0.05) is 47.0 Å². The van der Waals surface area contributed by atoms with Crippen LogP contribution in [0.25, 0.3) is 11.5 Å². The van der Waals surface area contributed by atoms with Gasteiger partial charge in [-0.05, 0) is 36.8 Å². The molecule has 0 N–H and O–H groups in total. The van der Waals surface area contributed by atoms with Crippen molar-refractivity contribution in [3.8, 4) is 11.5 Å². The quantitative estimate of drug-likeness (QED) is 0.584. The smallest absolute Gasteiger partial charge is 0.247 e. The van der Waals surface area contributed by atoms with Crippen LogP contribution in [0.15, 0.2) is 46.9 Å². The van der Waals surface area contributed by atoms with Gasteiger partial charge in [0.2, 0.25) is 17.7 Å². The van der Waals surface area contributed by atoms with Crippen LogP contribution in [0.1, 0.15) is 23.4 Å². The molecule has 0 bridgehead atoms. The monoisotopic (exact) mass is 403 g/mol. The lowest BCUT2D eigenvalue weighted by molar-refractivity contribution is -0.130. The van der Waals surface area contributed by atoms with Crippen molar-refractivity contribution in [2.75, 3.05) is 7.05 Å². The minimum Gasteiger partial charge on any atom is -0.421 e. The van der Waals surface area contributed by atoms with Crippen molar-refractivity contribution in [2.45, 2.75) is 26.3 Å². The van der Waals surface area contributed by atoms with Gasteiger partial charge >= 0.3 is 0 Å². The van der Waals surface area contributed by atoms with Crippen LogP contribution in [0.4, 0.5) is 0 Å². The molecule has 3 rings (SSSR count). The van der Waals surface area contributed by atoms with E-state index in [0.29, 0.717) is 34.8 Å². The van der Waals surface area contributed by atoms with E-state index in [9.17, 15) is 4.79 Å². The van der Waals surface area contributed by atoms with Crippen molar-refractivity contribution in [3.63, 3.8) is 0 Å². The molecule has 0 radical (unpaired) electrons. The molecule has 0 atom stereocenters. The predicted molar refractivity (Wildman–Crippen MR) is 106 cm³/mol. The van der Waals surface area contributed by atoms with Crippen molar-refractivity contribution in [1.82, 2.24) is 15.1 Å². The maximum Gasteiger partial charge on any atom is 0.247 e. The van der Waals surface area contributed by atoms with Gasteiger partial charge in [-0.25, -0.2) is 0 Å². The normalized spacial score (nSPS) is 10.8. The molecule has 1 aromatic heterocycles. The van der Waals surface area contributed by atoms with Crippen molar-refractivity contribution in [3.05, 3.63) is 69.5 Å². The van der Waals surface area contributed by atoms with E-state index in [0.717, 1.165) is 16.7 Å². The third-order valence-corrected chi connectivity index (χ3v) is 4.75. The third-order valence-electron chi connectivity index (χ3n) is 4.17. The molecule has 7 heteroatoms. The Labute approximate surface area is 167 Å². The van der Waals surface area contributed by atoms with E-state index in [4.69, 9.17) is 27.6 Å². The van der Waals surface area contributed by atoms with E-state index >= 15 is 0 Å². The van der Waals surface area contributed by atoms with Crippen LogP contribution >= 0.6 is 23.2 Å². The number of amides is 1. The Morgan fingerprint density at radius 3 is 2.56 bits per heavy atom. The highest BCUT2D eigenvalue weighted by Gasteiger charge is 2.14. The minimum absolute atomic E-state index is 0.0314. The van der Waals surface area contributed by atoms with Crippen LogP contribution in [0.5, 0.6) is 0 Å². The molecule has 0 unspecified atom stereocenters. The topological polar surface area (TPSA) is 59.2 Å². The molecule has 1 heterocycles. The van der Waals surface area contributed by atoms with Gasteiger partial charge in [0.05, 0.1) is 0 Å². The molecule has 3 aromatic rings. The van der Waals surface area contributed by atoms with Gasteiger partial charge in [-0.15, -0.1) is 10.2 Å².